The summed E-state index contributed by atoms with van der Waals surface area (Å²) in [6.07, 6.45) is -4.72. The summed E-state index contributed by atoms with van der Waals surface area (Å²) in [4.78, 5) is 49.8. The number of thioether (sulfide) groups is 1. The number of likely N-dealkylation sites (N-methyl/N-ethyl adjacent to an activating group) is 1. The number of rotatable bonds is 9. The highest BCUT2D eigenvalue weighted by Crippen LogP contribution is 2.33. The minimum atomic E-state index is -4.79. The molecule has 1 aliphatic rings. The highest BCUT2D eigenvalue weighted by molar-refractivity contribution is 8.15. The van der Waals surface area contributed by atoms with Crippen LogP contribution in [0.2, 0.25) is 0 Å². The number of aliphatic imine (C=N–C) groups is 1. The van der Waals surface area contributed by atoms with Gasteiger partial charge in [0.1, 0.15) is 18.2 Å². The van der Waals surface area contributed by atoms with Crippen LogP contribution in [0.5, 0.6) is 5.75 Å². The fourth-order valence-corrected chi connectivity index (χ4v) is 5.87. The molecule has 1 aromatic heterocycles. The summed E-state index contributed by atoms with van der Waals surface area (Å²) in [7, 11) is 2.71. The topological polar surface area (TPSA) is 131 Å². The molecular formula is C33H32F3N7O5S. The predicted molar refractivity (Wildman–Crippen MR) is 178 cm³/mol. The summed E-state index contributed by atoms with van der Waals surface area (Å²) in [6.45, 7) is 4.03. The van der Waals surface area contributed by atoms with Crippen LogP contribution < -0.4 is 15.0 Å². The van der Waals surface area contributed by atoms with Gasteiger partial charge in [-0.05, 0) is 47.4 Å². The van der Waals surface area contributed by atoms with E-state index in [-0.39, 0.29) is 34.9 Å². The molecule has 5 rings (SSSR count). The second kappa shape index (κ2) is 14.8. The van der Waals surface area contributed by atoms with E-state index in [2.05, 4.69) is 25.1 Å². The molecule has 1 aliphatic heterocycles. The van der Waals surface area contributed by atoms with E-state index < -0.39 is 24.7 Å². The molecule has 0 spiro atoms. The van der Waals surface area contributed by atoms with Gasteiger partial charge in [0.05, 0.1) is 24.2 Å². The van der Waals surface area contributed by atoms with E-state index in [0.717, 1.165) is 22.9 Å². The molecule has 1 atom stereocenters. The predicted octanol–water partition coefficient (Wildman–Crippen LogP) is 6.37. The Balaban J connectivity index is 1.30. The van der Waals surface area contributed by atoms with Crippen LogP contribution in [0.3, 0.4) is 0 Å². The number of aromatic nitrogens is 3. The number of carbonyl (C=O) groups excluding carboxylic acids is 3. The third-order valence-electron chi connectivity index (χ3n) is 7.45. The molecular weight excluding hydrogens is 663 g/mol. The first kappa shape index (κ1) is 34.9. The second-order valence-corrected chi connectivity index (χ2v) is 12.1. The highest BCUT2D eigenvalue weighted by atomic mass is 32.2. The summed E-state index contributed by atoms with van der Waals surface area (Å²) in [5, 5.41) is 7.41. The van der Waals surface area contributed by atoms with Crippen molar-refractivity contribution in [1.29, 1.82) is 0 Å². The van der Waals surface area contributed by atoms with Crippen molar-refractivity contribution in [3.05, 3.63) is 90.3 Å². The third kappa shape index (κ3) is 8.56. The number of alkyl halides is 3. The number of nitrogens with one attached hydrogen (secondary N) is 1. The minimum absolute atomic E-state index is 0.128. The van der Waals surface area contributed by atoms with Crippen molar-refractivity contribution >= 4 is 40.6 Å². The maximum Gasteiger partial charge on any atom is 0.573 e. The Kier molecular flexibility index (Phi) is 10.6. The first-order valence-corrected chi connectivity index (χ1v) is 15.9. The van der Waals surface area contributed by atoms with E-state index in [0.29, 0.717) is 22.8 Å². The van der Waals surface area contributed by atoms with Gasteiger partial charge in [0.25, 0.3) is 0 Å². The average Bonchev–Trinajstić information content (AvgIpc) is 3.70. The number of amides is 4. The second-order valence-electron chi connectivity index (χ2n) is 11.1. The van der Waals surface area contributed by atoms with Crippen molar-refractivity contribution in [2.45, 2.75) is 38.7 Å². The number of nitrogens with zero attached hydrogens (tertiary/aromatic N) is 6. The van der Waals surface area contributed by atoms with E-state index in [4.69, 9.17) is 4.74 Å². The van der Waals surface area contributed by atoms with Gasteiger partial charge in [-0.2, -0.15) is 4.99 Å². The van der Waals surface area contributed by atoms with Crippen LogP contribution in [0, 0.1) is 0 Å². The van der Waals surface area contributed by atoms with E-state index in [1.807, 2.05) is 38.1 Å². The monoisotopic (exact) mass is 695 g/mol. The normalized spacial score (nSPS) is 14.7. The van der Waals surface area contributed by atoms with E-state index in [1.165, 1.54) is 59.2 Å². The number of amidine groups is 1. The summed E-state index contributed by atoms with van der Waals surface area (Å²) in [5.41, 5.74) is 3.47. The maximum atomic E-state index is 13.3. The molecule has 0 saturated carbocycles. The molecule has 1 N–H and O–H groups in total. The Morgan fingerprint density at radius 3 is 2.41 bits per heavy atom. The van der Waals surface area contributed by atoms with E-state index in [9.17, 15) is 27.6 Å². The van der Waals surface area contributed by atoms with E-state index >= 15 is 0 Å². The van der Waals surface area contributed by atoms with Crippen LogP contribution in [0.4, 0.5) is 28.4 Å². The van der Waals surface area contributed by atoms with Gasteiger partial charge in [-0.15, -0.1) is 18.3 Å². The van der Waals surface area contributed by atoms with Gasteiger partial charge >= 0.3 is 18.5 Å². The van der Waals surface area contributed by atoms with Gasteiger partial charge in [0.2, 0.25) is 5.91 Å². The van der Waals surface area contributed by atoms with Crippen LogP contribution in [0.15, 0.2) is 84.1 Å². The number of methoxy groups -OCH3 is 1. The van der Waals surface area contributed by atoms with Gasteiger partial charge in [-0.1, -0.05) is 68.1 Å². The van der Waals surface area contributed by atoms with Crippen molar-refractivity contribution in [2.24, 2.45) is 4.99 Å². The fraction of sp³-hybridized carbons (Fsp3) is 0.273. The Bertz CT molecular complexity index is 1850. The van der Waals surface area contributed by atoms with Crippen molar-refractivity contribution in [1.82, 2.24) is 25.0 Å². The third-order valence-corrected chi connectivity index (χ3v) is 8.37. The number of urea groups is 1. The molecule has 1 saturated heterocycles. The lowest BCUT2D eigenvalue weighted by Gasteiger charge is -2.27. The first-order chi connectivity index (χ1) is 23.3. The first-order valence-electron chi connectivity index (χ1n) is 14.9. The number of hydrogen-bond acceptors (Lipinski definition) is 8. The Morgan fingerprint density at radius 1 is 1.06 bits per heavy atom. The lowest BCUT2D eigenvalue weighted by atomic mass is 10.0. The smallest absolute Gasteiger partial charge is 0.453 e. The Morgan fingerprint density at radius 2 is 1.76 bits per heavy atom. The maximum absolute atomic E-state index is 13.3. The van der Waals surface area contributed by atoms with E-state index in [1.54, 1.807) is 24.3 Å². The average molecular weight is 696 g/mol. The highest BCUT2D eigenvalue weighted by Gasteiger charge is 2.33. The molecule has 16 heteroatoms. The molecule has 1 unspecified atom stereocenters. The van der Waals surface area contributed by atoms with Crippen molar-refractivity contribution in [3.8, 4) is 22.8 Å². The minimum Gasteiger partial charge on any atom is -0.453 e. The van der Waals surface area contributed by atoms with Crippen molar-refractivity contribution < 1.29 is 37.0 Å². The number of para-hydroxylation sites is 1. The van der Waals surface area contributed by atoms with Crippen molar-refractivity contribution in [2.75, 3.05) is 24.8 Å². The van der Waals surface area contributed by atoms with Crippen LogP contribution in [-0.2, 0) is 16.0 Å². The molecule has 49 heavy (non-hydrogen) atoms. The quantitative estimate of drug-likeness (QED) is 0.200. The van der Waals surface area contributed by atoms with Crippen LogP contribution >= 0.6 is 11.8 Å². The summed E-state index contributed by atoms with van der Waals surface area (Å²) >= 11 is 1.15. The van der Waals surface area contributed by atoms with Gasteiger partial charge in [0, 0.05) is 19.0 Å². The largest absolute Gasteiger partial charge is 0.573 e. The molecule has 4 amide bonds. The lowest BCUT2D eigenvalue weighted by molar-refractivity contribution is -0.274. The summed E-state index contributed by atoms with van der Waals surface area (Å²) < 4.78 is 47.6. The molecule has 0 bridgehead atoms. The number of carbonyl (C=O) groups is 3. The Labute approximate surface area is 283 Å². The van der Waals surface area contributed by atoms with Gasteiger partial charge in [-0.3, -0.25) is 14.6 Å². The van der Waals surface area contributed by atoms with Gasteiger partial charge in [0.15, 0.2) is 11.0 Å². The number of ether oxygens (including phenoxy) is 2. The molecule has 12 nitrogen and oxygen atoms in total. The fourth-order valence-electron chi connectivity index (χ4n) is 5.01. The standard InChI is InChI=1S/C33H32F3N7O5S/c1-20(2)25-7-5-6-8-26(25)43-28(44)18-49-31(43)39-30(45)38-27(41(3)32(46)47-4)17-21-9-11-22(12-10-21)29-37-19-42(40-29)23-13-15-24(16-14-23)48-33(34,35)36/h5-16,19-20,27H,17-18H2,1-4H3,(H,38,45). The molecule has 2 heterocycles. The lowest BCUT2D eigenvalue weighted by Crippen LogP contribution is -2.49. The number of halogens is 3. The Hall–Kier alpha value is -5.38. The zero-order valence-electron chi connectivity index (χ0n) is 26.8. The number of anilines is 1. The SMILES string of the molecule is COC(=O)N(C)C(Cc1ccc(-c2ncn(-c3ccc(OC(F)(F)F)cc3)n2)cc1)NC(=O)N=C1SCC(=O)N1c1ccccc1C(C)C. The van der Waals surface area contributed by atoms with Crippen molar-refractivity contribution in [3.63, 3.8) is 0 Å². The van der Waals surface area contributed by atoms with Gasteiger partial charge < -0.3 is 14.8 Å². The van der Waals surface area contributed by atoms with Crippen LogP contribution in [0.25, 0.3) is 17.1 Å². The zero-order valence-corrected chi connectivity index (χ0v) is 27.7. The molecule has 256 valence electrons. The molecule has 1 fully saturated rings. The molecule has 3 aromatic carbocycles. The number of benzene rings is 3. The summed E-state index contributed by atoms with van der Waals surface area (Å²) in [6, 6.07) is 19.0. The molecule has 4 aromatic rings. The zero-order chi connectivity index (χ0) is 35.3. The van der Waals surface area contributed by atoms with Gasteiger partial charge in [-0.25, -0.2) is 19.3 Å². The van der Waals surface area contributed by atoms with Crippen LogP contribution in [-0.4, -0.2) is 75.3 Å². The van der Waals surface area contributed by atoms with Crippen LogP contribution in [0.1, 0.15) is 30.9 Å². The number of hydrogen-bond donors (Lipinski definition) is 1. The summed E-state index contributed by atoms with van der Waals surface area (Å²) in [5.74, 6) is 0.0756. The molecule has 0 radical (unpaired) electrons. The molecule has 0 aliphatic carbocycles.